The minimum Gasteiger partial charge on any atom is -0.496 e. The number of carbonyl (C=O) groups is 1. The Morgan fingerprint density at radius 1 is 1.77 bits per heavy atom. The topological polar surface area (TPSA) is 59.4 Å². The summed E-state index contributed by atoms with van der Waals surface area (Å²) in [5.41, 5.74) is 0.568. The number of carboxylic acid groups (broad SMARTS) is 1. The molecular weight excluding hydrogens is 238 g/mol. The first-order chi connectivity index (χ1) is 6.13. The van der Waals surface area contributed by atoms with Crippen molar-refractivity contribution in [2.24, 2.45) is 0 Å². The average molecular weight is 246 g/mol. The second kappa shape index (κ2) is 4.23. The summed E-state index contributed by atoms with van der Waals surface area (Å²) in [6, 6.07) is 1.64. The number of aromatic nitrogens is 1. The molecule has 0 aromatic carbocycles. The Kier molecular flexibility index (Phi) is 3.25. The van der Waals surface area contributed by atoms with E-state index in [-0.39, 0.29) is 6.42 Å². The summed E-state index contributed by atoms with van der Waals surface area (Å²) in [6.45, 7) is 0. The van der Waals surface area contributed by atoms with Gasteiger partial charge < -0.3 is 9.84 Å². The standard InChI is InChI=1S/C8H8BrNO3/c1-13-6-3-7(9)10-4-5(6)2-8(11)12/h3-4H,2H2,1H3,(H,11,12). The van der Waals surface area contributed by atoms with Crippen molar-refractivity contribution in [3.63, 3.8) is 0 Å². The van der Waals surface area contributed by atoms with Crippen molar-refractivity contribution in [2.75, 3.05) is 7.11 Å². The molecule has 0 bridgehead atoms. The number of pyridine rings is 1. The highest BCUT2D eigenvalue weighted by Gasteiger charge is 2.08. The van der Waals surface area contributed by atoms with Crippen LogP contribution in [0.4, 0.5) is 0 Å². The van der Waals surface area contributed by atoms with Crippen molar-refractivity contribution in [1.29, 1.82) is 0 Å². The Hall–Kier alpha value is -1.10. The highest BCUT2D eigenvalue weighted by molar-refractivity contribution is 9.10. The van der Waals surface area contributed by atoms with Gasteiger partial charge >= 0.3 is 5.97 Å². The third-order valence-electron chi connectivity index (χ3n) is 1.47. The first-order valence-corrected chi connectivity index (χ1v) is 4.33. The van der Waals surface area contributed by atoms with Gasteiger partial charge in [0.25, 0.3) is 0 Å². The van der Waals surface area contributed by atoms with Crippen molar-refractivity contribution in [3.8, 4) is 5.75 Å². The summed E-state index contributed by atoms with van der Waals surface area (Å²) < 4.78 is 5.62. The number of aliphatic carboxylic acids is 1. The van der Waals surface area contributed by atoms with E-state index in [0.717, 1.165) is 0 Å². The second-order valence-electron chi connectivity index (χ2n) is 2.39. The van der Waals surface area contributed by atoms with Crippen molar-refractivity contribution >= 4 is 21.9 Å². The molecule has 1 aromatic heterocycles. The Balaban J connectivity index is 2.99. The Bertz CT molecular complexity index is 327. The van der Waals surface area contributed by atoms with Crippen molar-refractivity contribution in [3.05, 3.63) is 22.4 Å². The van der Waals surface area contributed by atoms with Crippen LogP contribution >= 0.6 is 15.9 Å². The zero-order valence-corrected chi connectivity index (χ0v) is 8.54. The zero-order chi connectivity index (χ0) is 9.84. The lowest BCUT2D eigenvalue weighted by atomic mass is 10.2. The summed E-state index contributed by atoms with van der Waals surface area (Å²) in [4.78, 5) is 14.3. The first-order valence-electron chi connectivity index (χ1n) is 3.53. The van der Waals surface area contributed by atoms with Crippen LogP contribution < -0.4 is 4.74 Å². The number of rotatable bonds is 3. The largest absolute Gasteiger partial charge is 0.496 e. The van der Waals surface area contributed by atoms with Crippen molar-refractivity contribution in [2.45, 2.75) is 6.42 Å². The fourth-order valence-corrected chi connectivity index (χ4v) is 1.24. The SMILES string of the molecule is COc1cc(Br)ncc1CC(=O)O. The molecule has 0 spiro atoms. The van der Waals surface area contributed by atoms with Gasteiger partial charge in [-0.05, 0) is 15.9 Å². The normalized spacial score (nSPS) is 9.69. The maximum atomic E-state index is 10.4. The van der Waals surface area contributed by atoms with Crippen LogP contribution in [0.1, 0.15) is 5.56 Å². The van der Waals surface area contributed by atoms with Gasteiger partial charge in [0.15, 0.2) is 0 Å². The molecule has 1 aromatic rings. The molecule has 13 heavy (non-hydrogen) atoms. The Morgan fingerprint density at radius 3 is 3.00 bits per heavy atom. The summed E-state index contributed by atoms with van der Waals surface area (Å²) in [5, 5.41) is 8.56. The second-order valence-corrected chi connectivity index (χ2v) is 3.20. The molecule has 0 aliphatic heterocycles. The van der Waals surface area contributed by atoms with Gasteiger partial charge in [-0.25, -0.2) is 4.98 Å². The molecule has 70 valence electrons. The van der Waals surface area contributed by atoms with Gasteiger partial charge in [0.2, 0.25) is 0 Å². The van der Waals surface area contributed by atoms with Gasteiger partial charge in [-0.2, -0.15) is 0 Å². The van der Waals surface area contributed by atoms with E-state index in [1.165, 1.54) is 13.3 Å². The molecular formula is C8H8BrNO3. The van der Waals surface area contributed by atoms with Gasteiger partial charge in [-0.3, -0.25) is 4.79 Å². The molecule has 0 radical (unpaired) electrons. The predicted octanol–water partition coefficient (Wildman–Crippen LogP) is 1.48. The van der Waals surface area contributed by atoms with Crippen LogP contribution in [0, 0.1) is 0 Å². The smallest absolute Gasteiger partial charge is 0.308 e. The van der Waals surface area contributed by atoms with E-state index in [1.807, 2.05) is 0 Å². The molecule has 0 aliphatic carbocycles. The zero-order valence-electron chi connectivity index (χ0n) is 6.95. The summed E-state index contributed by atoms with van der Waals surface area (Å²) in [6.07, 6.45) is 1.40. The number of hydrogen-bond acceptors (Lipinski definition) is 3. The minimum atomic E-state index is -0.901. The summed E-state index contributed by atoms with van der Waals surface area (Å²) in [5.74, 6) is -0.369. The van der Waals surface area contributed by atoms with Crippen molar-refractivity contribution in [1.82, 2.24) is 4.98 Å². The lowest BCUT2D eigenvalue weighted by Crippen LogP contribution is -2.02. The molecule has 0 saturated heterocycles. The van der Waals surface area contributed by atoms with Crippen LogP contribution in [-0.4, -0.2) is 23.2 Å². The monoisotopic (exact) mass is 245 g/mol. The number of halogens is 1. The van der Waals surface area contributed by atoms with E-state index in [9.17, 15) is 4.79 Å². The number of hydrogen-bond donors (Lipinski definition) is 1. The molecule has 0 amide bonds. The van der Waals surface area contributed by atoms with Crippen LogP contribution in [0.15, 0.2) is 16.9 Å². The van der Waals surface area contributed by atoms with E-state index in [0.29, 0.717) is 15.9 Å². The highest BCUT2D eigenvalue weighted by atomic mass is 79.9. The number of nitrogens with zero attached hydrogens (tertiary/aromatic N) is 1. The van der Waals surface area contributed by atoms with Crippen LogP contribution in [0.5, 0.6) is 5.75 Å². The number of methoxy groups -OCH3 is 1. The number of ether oxygens (including phenoxy) is 1. The van der Waals surface area contributed by atoms with E-state index in [1.54, 1.807) is 6.07 Å². The molecule has 0 saturated carbocycles. The maximum Gasteiger partial charge on any atom is 0.308 e. The fraction of sp³-hybridized carbons (Fsp3) is 0.250. The molecule has 5 heteroatoms. The molecule has 0 atom stereocenters. The molecule has 4 nitrogen and oxygen atoms in total. The van der Waals surface area contributed by atoms with E-state index >= 15 is 0 Å². The highest BCUT2D eigenvalue weighted by Crippen LogP contribution is 2.21. The van der Waals surface area contributed by atoms with E-state index < -0.39 is 5.97 Å². The Labute approximate surface area is 83.7 Å². The fourth-order valence-electron chi connectivity index (χ4n) is 0.927. The van der Waals surface area contributed by atoms with Crippen LogP contribution in [-0.2, 0) is 11.2 Å². The summed E-state index contributed by atoms with van der Waals surface area (Å²) >= 11 is 3.16. The quantitative estimate of drug-likeness (QED) is 0.820. The van der Waals surface area contributed by atoms with Crippen LogP contribution in [0.3, 0.4) is 0 Å². The van der Waals surface area contributed by atoms with Crippen LogP contribution in [0.25, 0.3) is 0 Å². The van der Waals surface area contributed by atoms with Crippen molar-refractivity contribution < 1.29 is 14.6 Å². The van der Waals surface area contributed by atoms with Gasteiger partial charge in [0.1, 0.15) is 10.4 Å². The third-order valence-corrected chi connectivity index (χ3v) is 1.91. The summed E-state index contributed by atoms with van der Waals surface area (Å²) in [7, 11) is 1.49. The Morgan fingerprint density at radius 2 is 2.46 bits per heavy atom. The molecule has 1 rings (SSSR count). The first kappa shape index (κ1) is 9.98. The lowest BCUT2D eigenvalue weighted by molar-refractivity contribution is -0.136. The van der Waals surface area contributed by atoms with E-state index in [2.05, 4.69) is 20.9 Å². The van der Waals surface area contributed by atoms with Gasteiger partial charge in [-0.1, -0.05) is 0 Å². The third kappa shape index (κ3) is 2.69. The van der Waals surface area contributed by atoms with Gasteiger partial charge in [0.05, 0.1) is 13.5 Å². The van der Waals surface area contributed by atoms with E-state index in [4.69, 9.17) is 9.84 Å². The molecule has 1 N–H and O–H groups in total. The average Bonchev–Trinajstić information content (AvgIpc) is 2.07. The molecule has 0 aliphatic rings. The van der Waals surface area contributed by atoms with Crippen LogP contribution in [0.2, 0.25) is 0 Å². The number of carboxylic acids is 1. The lowest BCUT2D eigenvalue weighted by Gasteiger charge is -2.05. The minimum absolute atomic E-state index is 0.0799. The molecule has 1 heterocycles. The maximum absolute atomic E-state index is 10.4. The van der Waals surface area contributed by atoms with Gasteiger partial charge in [0, 0.05) is 17.8 Å². The molecule has 0 unspecified atom stereocenters. The van der Waals surface area contributed by atoms with Gasteiger partial charge in [-0.15, -0.1) is 0 Å². The molecule has 0 fully saturated rings. The predicted molar refractivity (Wildman–Crippen MR) is 49.8 cm³/mol.